The number of rotatable bonds is 4. The molecule has 13 heteroatoms. The summed E-state index contributed by atoms with van der Waals surface area (Å²) >= 11 is 0. The van der Waals surface area contributed by atoms with E-state index in [1.54, 1.807) is 17.7 Å². The highest BCUT2D eigenvalue weighted by molar-refractivity contribution is 5.80. The molecular weight excluding hydrogens is 520 g/mol. The quantitative estimate of drug-likeness (QED) is 0.459. The molecule has 1 aliphatic carbocycles. The third-order valence-electron chi connectivity index (χ3n) is 7.06. The highest BCUT2D eigenvalue weighted by atomic mass is 19.4. The normalized spacial score (nSPS) is 16.7. The number of hydrogen-bond donors (Lipinski definition) is 2. The van der Waals surface area contributed by atoms with Crippen LogP contribution >= 0.6 is 0 Å². The molecule has 1 aliphatic heterocycles. The number of fused-ring (bicyclic) bond motifs is 1. The first-order chi connectivity index (χ1) is 18.5. The number of piperazine rings is 1. The van der Waals surface area contributed by atoms with E-state index >= 15 is 0 Å². The summed E-state index contributed by atoms with van der Waals surface area (Å²) in [5.41, 5.74) is 2.30. The van der Waals surface area contributed by atoms with Gasteiger partial charge in [0, 0.05) is 60.7 Å². The molecule has 9 nitrogen and oxygen atoms in total. The molecule has 1 saturated carbocycles. The molecule has 39 heavy (non-hydrogen) atoms. The van der Waals surface area contributed by atoms with E-state index in [1.807, 2.05) is 12.1 Å². The number of carboxylic acids is 1. The Kier molecular flexibility index (Phi) is 8.38. The summed E-state index contributed by atoms with van der Waals surface area (Å²) < 4.78 is 47.9. The predicted octanol–water partition coefficient (Wildman–Crippen LogP) is 4.48. The number of aryl methyl sites for hydroxylation is 1. The number of anilines is 3. The van der Waals surface area contributed by atoms with Crippen molar-refractivity contribution in [1.82, 2.24) is 19.4 Å². The highest BCUT2D eigenvalue weighted by Crippen LogP contribution is 2.32. The van der Waals surface area contributed by atoms with E-state index in [9.17, 15) is 22.4 Å². The fraction of sp³-hybridized carbons (Fsp3) is 0.462. The maximum Gasteiger partial charge on any atom is 0.490 e. The van der Waals surface area contributed by atoms with Crippen molar-refractivity contribution in [3.63, 3.8) is 0 Å². The Morgan fingerprint density at radius 1 is 1.08 bits per heavy atom. The Bertz CT molecular complexity index is 1380. The summed E-state index contributed by atoms with van der Waals surface area (Å²) in [5, 5.41) is 11.0. The Morgan fingerprint density at radius 3 is 2.23 bits per heavy atom. The number of benzene rings is 1. The fourth-order valence-electron chi connectivity index (χ4n) is 4.81. The molecule has 3 heterocycles. The summed E-state index contributed by atoms with van der Waals surface area (Å²) in [5.74, 6) is -3.05. The summed E-state index contributed by atoms with van der Waals surface area (Å²) in [6, 6.07) is 8.22. The first kappa shape index (κ1) is 28.3. The number of hydrogen-bond acceptors (Lipinski definition) is 7. The van der Waals surface area contributed by atoms with Crippen LogP contribution in [-0.2, 0) is 4.79 Å². The minimum Gasteiger partial charge on any atom is -0.475 e. The van der Waals surface area contributed by atoms with E-state index < -0.39 is 23.5 Å². The molecule has 210 valence electrons. The Labute approximate surface area is 222 Å². The number of halogens is 4. The van der Waals surface area contributed by atoms with Crippen LogP contribution in [0.4, 0.5) is 34.9 Å². The summed E-state index contributed by atoms with van der Waals surface area (Å²) in [6.07, 6.45) is 0.372. The van der Waals surface area contributed by atoms with Crippen molar-refractivity contribution in [2.24, 2.45) is 0 Å². The molecule has 2 aliphatic rings. The molecule has 2 aromatic heterocycles. The zero-order chi connectivity index (χ0) is 28.3. The summed E-state index contributed by atoms with van der Waals surface area (Å²) in [6.45, 7) is 5.78. The van der Waals surface area contributed by atoms with Crippen molar-refractivity contribution in [1.29, 1.82) is 0 Å². The van der Waals surface area contributed by atoms with Crippen molar-refractivity contribution in [3.05, 3.63) is 52.2 Å². The molecule has 0 atom stereocenters. The second-order valence-electron chi connectivity index (χ2n) is 9.75. The molecule has 0 radical (unpaired) electrons. The van der Waals surface area contributed by atoms with Gasteiger partial charge in [-0.25, -0.2) is 14.2 Å². The van der Waals surface area contributed by atoms with E-state index in [0.29, 0.717) is 22.5 Å². The van der Waals surface area contributed by atoms with E-state index in [1.165, 1.54) is 5.69 Å². The van der Waals surface area contributed by atoms with Gasteiger partial charge >= 0.3 is 12.1 Å². The van der Waals surface area contributed by atoms with Crippen LogP contribution in [0.5, 0.6) is 0 Å². The zero-order valence-corrected chi connectivity index (χ0v) is 21.6. The number of nitrogens with zero attached hydrogens (tertiary/aromatic N) is 5. The van der Waals surface area contributed by atoms with E-state index in [2.05, 4.69) is 44.3 Å². The molecule has 5 rings (SSSR count). The van der Waals surface area contributed by atoms with Gasteiger partial charge in [0.15, 0.2) is 5.82 Å². The molecular formula is C26H30F4N6O3. The van der Waals surface area contributed by atoms with E-state index in [0.717, 1.165) is 57.5 Å². The van der Waals surface area contributed by atoms with Crippen LogP contribution in [0.15, 0.2) is 35.3 Å². The van der Waals surface area contributed by atoms with Gasteiger partial charge < -0.3 is 20.2 Å². The lowest BCUT2D eigenvalue weighted by molar-refractivity contribution is -0.192. The average Bonchev–Trinajstić information content (AvgIpc) is 3.43. The Balaban J connectivity index is 0.000000448. The lowest BCUT2D eigenvalue weighted by Gasteiger charge is -2.34. The van der Waals surface area contributed by atoms with Gasteiger partial charge in [0.2, 0.25) is 5.95 Å². The average molecular weight is 551 g/mol. The smallest absolute Gasteiger partial charge is 0.475 e. The standard InChI is InChI=1S/C24H29FN6O.C2HF3O2/c1-16-20-15-26-24(28-22(20)31(23(32)21(16)25)19-5-3-4-6-19)27-17-7-9-18(10-8-17)30-13-11-29(2)12-14-30;3-2(4,5)1(6)7/h7-10,15,19H,3-6,11-14H2,1-2H3,(H,26,27,28);(H,6,7). The van der Waals surface area contributed by atoms with Gasteiger partial charge in [-0.05, 0) is 51.1 Å². The molecule has 2 N–H and O–H groups in total. The van der Waals surface area contributed by atoms with Crippen LogP contribution < -0.4 is 15.8 Å². The molecule has 1 aromatic carbocycles. The number of carboxylic acid groups (broad SMARTS) is 1. The molecule has 0 spiro atoms. The SMILES string of the molecule is Cc1c(F)c(=O)n(C2CCCC2)c2nc(Nc3ccc(N4CCN(C)CC4)cc3)ncc12.O=C(O)C(F)(F)F. The third kappa shape index (κ3) is 6.47. The number of aromatic nitrogens is 3. The maximum absolute atomic E-state index is 14.6. The van der Waals surface area contributed by atoms with Crippen molar-refractivity contribution in [2.75, 3.05) is 43.4 Å². The van der Waals surface area contributed by atoms with Gasteiger partial charge in [-0.3, -0.25) is 9.36 Å². The van der Waals surface area contributed by atoms with Crippen molar-refractivity contribution in [3.8, 4) is 0 Å². The molecule has 2 fully saturated rings. The van der Waals surface area contributed by atoms with Crippen LogP contribution in [0.2, 0.25) is 0 Å². The molecule has 0 unspecified atom stereocenters. The zero-order valence-electron chi connectivity index (χ0n) is 21.6. The second-order valence-corrected chi connectivity index (χ2v) is 9.75. The molecule has 0 amide bonds. The third-order valence-corrected chi connectivity index (χ3v) is 7.06. The molecule has 3 aromatic rings. The maximum atomic E-state index is 14.6. The van der Waals surface area contributed by atoms with Crippen LogP contribution in [0.25, 0.3) is 11.0 Å². The minimum atomic E-state index is -5.08. The van der Waals surface area contributed by atoms with E-state index in [-0.39, 0.29) is 6.04 Å². The topological polar surface area (TPSA) is 104 Å². The van der Waals surface area contributed by atoms with Gasteiger partial charge in [0.1, 0.15) is 5.65 Å². The first-order valence-electron chi connectivity index (χ1n) is 12.6. The van der Waals surface area contributed by atoms with Gasteiger partial charge in [0.25, 0.3) is 5.56 Å². The van der Waals surface area contributed by atoms with Crippen LogP contribution in [0.3, 0.4) is 0 Å². The molecule has 1 saturated heterocycles. The predicted molar refractivity (Wildman–Crippen MR) is 139 cm³/mol. The number of carbonyl (C=O) groups is 1. The van der Waals surface area contributed by atoms with Crippen molar-refractivity contribution >= 4 is 34.3 Å². The summed E-state index contributed by atoms with van der Waals surface area (Å²) in [7, 11) is 2.15. The first-order valence-corrected chi connectivity index (χ1v) is 12.6. The Morgan fingerprint density at radius 2 is 1.67 bits per heavy atom. The second kappa shape index (κ2) is 11.6. The minimum absolute atomic E-state index is 0.00859. The van der Waals surface area contributed by atoms with Gasteiger partial charge in [-0.1, -0.05) is 12.8 Å². The van der Waals surface area contributed by atoms with E-state index in [4.69, 9.17) is 9.90 Å². The van der Waals surface area contributed by atoms with Gasteiger partial charge in [-0.15, -0.1) is 0 Å². The Hall–Kier alpha value is -3.74. The lowest BCUT2D eigenvalue weighted by atomic mass is 10.1. The van der Waals surface area contributed by atoms with Gasteiger partial charge in [-0.2, -0.15) is 18.2 Å². The fourth-order valence-corrected chi connectivity index (χ4v) is 4.81. The monoisotopic (exact) mass is 550 g/mol. The highest BCUT2D eigenvalue weighted by Gasteiger charge is 2.38. The number of alkyl halides is 3. The van der Waals surface area contributed by atoms with Gasteiger partial charge in [0.05, 0.1) is 0 Å². The van der Waals surface area contributed by atoms with Crippen molar-refractivity contribution in [2.45, 2.75) is 44.8 Å². The van der Waals surface area contributed by atoms with Crippen LogP contribution in [0, 0.1) is 12.7 Å². The van der Waals surface area contributed by atoms with Crippen LogP contribution in [0.1, 0.15) is 37.3 Å². The summed E-state index contributed by atoms with van der Waals surface area (Å²) in [4.78, 5) is 35.4. The largest absolute Gasteiger partial charge is 0.490 e. The van der Waals surface area contributed by atoms with Crippen molar-refractivity contribution < 1.29 is 27.5 Å². The number of nitrogens with one attached hydrogen (secondary N) is 1. The number of pyridine rings is 1. The lowest BCUT2D eigenvalue weighted by Crippen LogP contribution is -2.44. The van der Waals surface area contributed by atoms with Crippen LogP contribution in [-0.4, -0.2) is 69.9 Å². The number of likely N-dealkylation sites (N-methyl/N-ethyl adjacent to an activating group) is 1. The number of aliphatic carboxylic acids is 1. The molecule has 0 bridgehead atoms.